The molecule has 1 atom stereocenters. The van der Waals surface area contributed by atoms with Crippen molar-refractivity contribution < 1.29 is 14.2 Å². The zero-order valence-corrected chi connectivity index (χ0v) is 19.2. The van der Waals surface area contributed by atoms with Crippen molar-refractivity contribution in [2.75, 3.05) is 73.7 Å². The monoisotopic (exact) mass is 418 g/mol. The minimum absolute atomic E-state index is 0.0809. The number of hydrogen-bond donors (Lipinski definition) is 1. The summed E-state index contributed by atoms with van der Waals surface area (Å²) in [6.45, 7) is 12.4. The van der Waals surface area contributed by atoms with Gasteiger partial charge in [-0.1, -0.05) is 19.9 Å². The lowest BCUT2D eigenvalue weighted by atomic mass is 9.84. The molecule has 2 aliphatic rings. The van der Waals surface area contributed by atoms with Crippen molar-refractivity contribution >= 4 is 5.96 Å². The van der Waals surface area contributed by atoms with E-state index in [1.807, 2.05) is 13.1 Å². The highest BCUT2D eigenvalue weighted by Crippen LogP contribution is 2.33. The Balaban J connectivity index is 1.55. The van der Waals surface area contributed by atoms with Gasteiger partial charge in [0.15, 0.2) is 17.5 Å². The van der Waals surface area contributed by atoms with E-state index in [2.05, 4.69) is 46.1 Å². The van der Waals surface area contributed by atoms with Gasteiger partial charge < -0.3 is 24.4 Å². The number of aliphatic imine (C=N–C) groups is 1. The Morgan fingerprint density at radius 2 is 1.90 bits per heavy atom. The lowest BCUT2D eigenvalue weighted by Gasteiger charge is -2.30. The Kier molecular flexibility index (Phi) is 7.83. The quantitative estimate of drug-likeness (QED) is 0.541. The molecule has 1 N–H and O–H groups in total. The predicted molar refractivity (Wildman–Crippen MR) is 121 cm³/mol. The van der Waals surface area contributed by atoms with E-state index in [4.69, 9.17) is 14.2 Å². The van der Waals surface area contributed by atoms with Gasteiger partial charge in [-0.2, -0.15) is 0 Å². The maximum Gasteiger partial charge on any atom is 0.193 e. The first kappa shape index (κ1) is 22.7. The van der Waals surface area contributed by atoms with E-state index in [-0.39, 0.29) is 5.41 Å². The highest BCUT2D eigenvalue weighted by molar-refractivity contribution is 5.80. The van der Waals surface area contributed by atoms with Gasteiger partial charge in [-0.15, -0.1) is 0 Å². The summed E-state index contributed by atoms with van der Waals surface area (Å²) in [5, 5.41) is 3.61. The average Bonchev–Trinajstić information content (AvgIpc) is 3.22. The molecule has 2 heterocycles. The number of likely N-dealkylation sites (tertiary alicyclic amines) is 1. The number of nitrogens with zero attached hydrogens (tertiary/aromatic N) is 3. The van der Waals surface area contributed by atoms with Gasteiger partial charge in [-0.05, 0) is 30.0 Å². The molecule has 1 unspecified atom stereocenters. The maximum atomic E-state index is 5.49. The van der Waals surface area contributed by atoms with Gasteiger partial charge in [0.05, 0.1) is 27.4 Å². The molecule has 0 bridgehead atoms. The Morgan fingerprint density at radius 3 is 2.57 bits per heavy atom. The molecular weight excluding hydrogens is 380 g/mol. The topological polar surface area (TPSA) is 58.6 Å². The fourth-order valence-corrected chi connectivity index (χ4v) is 4.31. The molecule has 2 saturated heterocycles. The Hall–Kier alpha value is -1.99. The second-order valence-electron chi connectivity index (χ2n) is 8.87. The molecule has 2 aliphatic heterocycles. The molecule has 3 rings (SSSR count). The van der Waals surface area contributed by atoms with Crippen LogP contribution in [0.1, 0.15) is 25.8 Å². The van der Waals surface area contributed by atoms with E-state index in [0.717, 1.165) is 69.9 Å². The standard InChI is InChI=1S/C23H38N4O3/c1-23(2,19-6-7-20(28-4)21(14-19)29-5)17-25-22(24-3)27-9-8-18(16-27)15-26-10-12-30-13-11-26/h6-7,14,18H,8-13,15-17H2,1-5H3,(H,24,25). The van der Waals surface area contributed by atoms with Crippen LogP contribution in [-0.2, 0) is 10.2 Å². The van der Waals surface area contributed by atoms with Crippen LogP contribution in [0.15, 0.2) is 23.2 Å². The van der Waals surface area contributed by atoms with Crippen LogP contribution in [0.3, 0.4) is 0 Å². The van der Waals surface area contributed by atoms with Crippen LogP contribution >= 0.6 is 0 Å². The molecule has 1 aromatic rings. The third kappa shape index (κ3) is 5.58. The summed E-state index contributed by atoms with van der Waals surface area (Å²) in [6, 6.07) is 6.15. The van der Waals surface area contributed by atoms with Crippen LogP contribution in [0.4, 0.5) is 0 Å². The molecule has 0 aliphatic carbocycles. The van der Waals surface area contributed by atoms with Gasteiger partial charge in [0.1, 0.15) is 0 Å². The number of ether oxygens (including phenoxy) is 3. The highest BCUT2D eigenvalue weighted by Gasteiger charge is 2.29. The van der Waals surface area contributed by atoms with E-state index >= 15 is 0 Å². The zero-order chi connectivity index (χ0) is 21.6. The summed E-state index contributed by atoms with van der Waals surface area (Å²) in [4.78, 5) is 9.50. The molecule has 168 valence electrons. The molecule has 0 spiro atoms. The molecule has 0 aromatic heterocycles. The van der Waals surface area contributed by atoms with Crippen LogP contribution in [0.25, 0.3) is 0 Å². The van der Waals surface area contributed by atoms with Crippen LogP contribution < -0.4 is 14.8 Å². The van der Waals surface area contributed by atoms with Crippen LogP contribution in [0, 0.1) is 5.92 Å². The largest absolute Gasteiger partial charge is 0.493 e. The van der Waals surface area contributed by atoms with Crippen LogP contribution in [0.2, 0.25) is 0 Å². The number of guanidine groups is 1. The van der Waals surface area contributed by atoms with Crippen molar-refractivity contribution in [3.8, 4) is 11.5 Å². The normalized spacial score (nSPS) is 21.0. The first-order valence-corrected chi connectivity index (χ1v) is 10.9. The molecule has 1 aromatic carbocycles. The summed E-state index contributed by atoms with van der Waals surface area (Å²) >= 11 is 0. The van der Waals surface area contributed by atoms with Crippen molar-refractivity contribution in [3.63, 3.8) is 0 Å². The minimum atomic E-state index is -0.0809. The summed E-state index contributed by atoms with van der Waals surface area (Å²) in [6.07, 6.45) is 1.22. The van der Waals surface area contributed by atoms with Crippen molar-refractivity contribution in [2.24, 2.45) is 10.9 Å². The van der Waals surface area contributed by atoms with Gasteiger partial charge in [-0.25, -0.2) is 0 Å². The third-order valence-corrected chi connectivity index (χ3v) is 6.27. The molecule has 7 heteroatoms. The molecule has 0 amide bonds. The van der Waals surface area contributed by atoms with Crippen molar-refractivity contribution in [1.82, 2.24) is 15.1 Å². The number of benzene rings is 1. The number of methoxy groups -OCH3 is 2. The maximum absolute atomic E-state index is 5.49. The highest BCUT2D eigenvalue weighted by atomic mass is 16.5. The first-order valence-electron chi connectivity index (χ1n) is 10.9. The van der Waals surface area contributed by atoms with E-state index < -0.39 is 0 Å². The zero-order valence-electron chi connectivity index (χ0n) is 19.2. The van der Waals surface area contributed by atoms with Gasteiger partial charge >= 0.3 is 0 Å². The van der Waals surface area contributed by atoms with Gasteiger partial charge in [0.2, 0.25) is 0 Å². The molecule has 30 heavy (non-hydrogen) atoms. The number of hydrogen-bond acceptors (Lipinski definition) is 5. The Bertz CT molecular complexity index is 716. The van der Waals surface area contributed by atoms with Crippen molar-refractivity contribution in [1.29, 1.82) is 0 Å². The average molecular weight is 419 g/mol. The third-order valence-electron chi connectivity index (χ3n) is 6.27. The number of rotatable bonds is 7. The molecule has 7 nitrogen and oxygen atoms in total. The van der Waals surface area contributed by atoms with E-state index in [1.54, 1.807) is 14.2 Å². The number of morpholine rings is 1. The smallest absolute Gasteiger partial charge is 0.193 e. The van der Waals surface area contributed by atoms with E-state index in [0.29, 0.717) is 5.92 Å². The van der Waals surface area contributed by atoms with Gasteiger partial charge in [0, 0.05) is 51.7 Å². The second-order valence-corrected chi connectivity index (χ2v) is 8.87. The fraction of sp³-hybridized carbons (Fsp3) is 0.696. The lowest BCUT2D eigenvalue weighted by Crippen LogP contribution is -2.45. The van der Waals surface area contributed by atoms with E-state index in [1.165, 1.54) is 12.0 Å². The predicted octanol–water partition coefficient (Wildman–Crippen LogP) is 2.21. The van der Waals surface area contributed by atoms with Gasteiger partial charge in [-0.3, -0.25) is 9.89 Å². The number of nitrogens with one attached hydrogen (secondary N) is 1. The van der Waals surface area contributed by atoms with E-state index in [9.17, 15) is 0 Å². The minimum Gasteiger partial charge on any atom is -0.493 e. The first-order chi connectivity index (χ1) is 14.5. The Morgan fingerprint density at radius 1 is 1.17 bits per heavy atom. The molecule has 0 radical (unpaired) electrons. The molecular formula is C23H38N4O3. The second kappa shape index (κ2) is 10.4. The summed E-state index contributed by atoms with van der Waals surface area (Å²) in [7, 11) is 5.22. The summed E-state index contributed by atoms with van der Waals surface area (Å²) < 4.78 is 16.3. The van der Waals surface area contributed by atoms with Crippen molar-refractivity contribution in [3.05, 3.63) is 23.8 Å². The summed E-state index contributed by atoms with van der Waals surface area (Å²) in [5.41, 5.74) is 1.12. The lowest BCUT2D eigenvalue weighted by molar-refractivity contribution is 0.0315. The molecule has 2 fully saturated rings. The summed E-state index contributed by atoms with van der Waals surface area (Å²) in [5.74, 6) is 3.20. The van der Waals surface area contributed by atoms with Gasteiger partial charge in [0.25, 0.3) is 0 Å². The SMILES string of the molecule is CN=C(NCC(C)(C)c1ccc(OC)c(OC)c1)N1CCC(CN2CCOCC2)C1. The Labute approximate surface area is 181 Å². The van der Waals surface area contributed by atoms with Crippen LogP contribution in [-0.4, -0.2) is 89.5 Å². The fourth-order valence-electron chi connectivity index (χ4n) is 4.31. The molecule has 0 saturated carbocycles. The van der Waals surface area contributed by atoms with Crippen LogP contribution in [0.5, 0.6) is 11.5 Å². The van der Waals surface area contributed by atoms with Crippen molar-refractivity contribution in [2.45, 2.75) is 25.7 Å².